The highest BCUT2D eigenvalue weighted by atomic mass is 32.2. The maximum atomic E-state index is 12.7. The first-order valence-electron chi connectivity index (χ1n) is 10.8. The molecular weight excluding hydrogens is 408 g/mol. The van der Waals surface area contributed by atoms with E-state index in [1.165, 1.54) is 30.2 Å². The number of allylic oxidation sites excluding steroid dienone is 2. The molecule has 1 atom stereocenters. The summed E-state index contributed by atoms with van der Waals surface area (Å²) in [5, 5.41) is 15.4. The summed E-state index contributed by atoms with van der Waals surface area (Å²) in [4.78, 5) is 19.4. The predicted octanol–water partition coefficient (Wildman–Crippen LogP) is 3.93. The van der Waals surface area contributed by atoms with Gasteiger partial charge in [0.15, 0.2) is 5.82 Å². The second-order valence-electron chi connectivity index (χ2n) is 8.08. The standard InChI is InChI=1S/C23H28N6OS/c1-16-14-29(10-9-25-16)31-15-17-7-8-21(20(11-17)18-5-3-2-4-6-18)28-23(30)22-26-13-19(12-24)27-22/h5,7-8,11,13,16,25H,2-4,6,9-10,14-15H2,1H3,(H,26,27)(H,28,30)/t16-/m1/s1. The smallest absolute Gasteiger partial charge is 0.291 e. The van der Waals surface area contributed by atoms with Gasteiger partial charge in [0.05, 0.1) is 6.20 Å². The van der Waals surface area contributed by atoms with Crippen molar-refractivity contribution in [2.24, 2.45) is 0 Å². The first kappa shape index (κ1) is 21.6. The molecule has 0 spiro atoms. The van der Waals surface area contributed by atoms with Crippen LogP contribution in [-0.2, 0) is 5.75 Å². The maximum Gasteiger partial charge on any atom is 0.291 e. The summed E-state index contributed by atoms with van der Waals surface area (Å²) < 4.78 is 2.43. The number of H-pyrrole nitrogens is 1. The molecule has 2 aromatic rings. The number of amides is 1. The highest BCUT2D eigenvalue weighted by molar-refractivity contribution is 7.96. The van der Waals surface area contributed by atoms with E-state index < -0.39 is 0 Å². The third kappa shape index (κ3) is 5.56. The largest absolute Gasteiger partial charge is 0.326 e. The molecule has 1 aromatic heterocycles. The molecule has 4 rings (SSSR count). The van der Waals surface area contributed by atoms with Crippen LogP contribution in [0.1, 0.15) is 60.0 Å². The molecule has 7 nitrogen and oxygen atoms in total. The van der Waals surface area contributed by atoms with Crippen LogP contribution in [0.15, 0.2) is 30.5 Å². The number of rotatable bonds is 6. The fraction of sp³-hybridized carbons (Fsp3) is 0.435. The number of carbonyl (C=O) groups is 1. The molecule has 1 aliphatic heterocycles. The molecule has 3 N–H and O–H groups in total. The van der Waals surface area contributed by atoms with Gasteiger partial charge in [-0.05, 0) is 55.9 Å². The van der Waals surface area contributed by atoms with Crippen LogP contribution in [-0.4, -0.2) is 45.9 Å². The van der Waals surface area contributed by atoms with Crippen molar-refractivity contribution in [2.75, 3.05) is 25.0 Å². The summed E-state index contributed by atoms with van der Waals surface area (Å²) in [5.41, 5.74) is 4.70. The monoisotopic (exact) mass is 436 g/mol. The van der Waals surface area contributed by atoms with E-state index in [2.05, 4.69) is 50.0 Å². The normalized spacial score (nSPS) is 19.5. The van der Waals surface area contributed by atoms with Crippen LogP contribution in [0.25, 0.3) is 5.57 Å². The van der Waals surface area contributed by atoms with E-state index in [4.69, 9.17) is 5.26 Å². The minimum atomic E-state index is -0.337. The summed E-state index contributed by atoms with van der Waals surface area (Å²) in [7, 11) is 0. The third-order valence-electron chi connectivity index (χ3n) is 5.63. The lowest BCUT2D eigenvalue weighted by Gasteiger charge is -2.30. The maximum absolute atomic E-state index is 12.7. The zero-order valence-electron chi connectivity index (χ0n) is 17.8. The SMILES string of the molecule is C[C@@H]1CN(SCc2ccc(NC(=O)c3ncc(C#N)[nH]3)c(C3=CCCCC3)c2)CCN1. The molecule has 1 saturated heterocycles. The zero-order valence-corrected chi connectivity index (χ0v) is 18.6. The number of carbonyl (C=O) groups excluding carboxylic acids is 1. The number of aromatic amines is 1. The highest BCUT2D eigenvalue weighted by Crippen LogP contribution is 2.33. The average molecular weight is 437 g/mol. The van der Waals surface area contributed by atoms with E-state index in [1.54, 1.807) is 0 Å². The minimum Gasteiger partial charge on any atom is -0.326 e. The zero-order chi connectivity index (χ0) is 21.6. The molecule has 2 heterocycles. The van der Waals surface area contributed by atoms with Crippen LogP contribution in [0.3, 0.4) is 0 Å². The van der Waals surface area contributed by atoms with Crippen LogP contribution in [0.5, 0.6) is 0 Å². The van der Waals surface area contributed by atoms with Gasteiger partial charge in [0.2, 0.25) is 0 Å². The van der Waals surface area contributed by atoms with Crippen molar-refractivity contribution in [3.8, 4) is 6.07 Å². The molecule has 0 bridgehead atoms. The molecule has 31 heavy (non-hydrogen) atoms. The van der Waals surface area contributed by atoms with Gasteiger partial charge in [-0.2, -0.15) is 5.26 Å². The van der Waals surface area contributed by atoms with Gasteiger partial charge < -0.3 is 15.6 Å². The number of anilines is 1. The number of piperazine rings is 1. The van der Waals surface area contributed by atoms with Gasteiger partial charge in [0.25, 0.3) is 5.91 Å². The van der Waals surface area contributed by atoms with Crippen molar-refractivity contribution in [2.45, 2.75) is 44.4 Å². The van der Waals surface area contributed by atoms with Crippen molar-refractivity contribution < 1.29 is 4.79 Å². The minimum absolute atomic E-state index is 0.146. The Balaban J connectivity index is 1.52. The number of nitriles is 1. The summed E-state index contributed by atoms with van der Waals surface area (Å²) in [6.45, 7) is 5.34. The fourth-order valence-electron chi connectivity index (χ4n) is 3.99. The number of nitrogens with one attached hydrogen (secondary N) is 3. The summed E-state index contributed by atoms with van der Waals surface area (Å²) in [6, 6.07) is 8.78. The lowest BCUT2D eigenvalue weighted by atomic mass is 9.91. The van der Waals surface area contributed by atoms with Gasteiger partial charge in [-0.15, -0.1) is 0 Å². The highest BCUT2D eigenvalue weighted by Gasteiger charge is 2.18. The van der Waals surface area contributed by atoms with Crippen molar-refractivity contribution in [1.29, 1.82) is 5.26 Å². The number of hydrogen-bond acceptors (Lipinski definition) is 6. The van der Waals surface area contributed by atoms with E-state index in [0.29, 0.717) is 6.04 Å². The van der Waals surface area contributed by atoms with Crippen molar-refractivity contribution >= 4 is 29.1 Å². The number of nitrogens with zero attached hydrogens (tertiary/aromatic N) is 3. The fourth-order valence-corrected chi connectivity index (χ4v) is 5.05. The summed E-state index contributed by atoms with van der Waals surface area (Å²) >= 11 is 1.87. The van der Waals surface area contributed by atoms with Crippen LogP contribution in [0, 0.1) is 11.3 Å². The van der Waals surface area contributed by atoms with E-state index in [1.807, 2.05) is 24.1 Å². The second kappa shape index (κ2) is 10.1. The molecule has 1 fully saturated rings. The Morgan fingerprint density at radius 1 is 1.42 bits per heavy atom. The molecular formula is C23H28N6OS. The lowest BCUT2D eigenvalue weighted by Crippen LogP contribution is -2.46. The van der Waals surface area contributed by atoms with E-state index in [-0.39, 0.29) is 17.4 Å². The number of imidazole rings is 1. The number of benzene rings is 1. The van der Waals surface area contributed by atoms with Gasteiger partial charge in [0, 0.05) is 42.7 Å². The van der Waals surface area contributed by atoms with Gasteiger partial charge in [-0.25, -0.2) is 9.29 Å². The molecule has 1 amide bonds. The topological polar surface area (TPSA) is 96.8 Å². The van der Waals surface area contributed by atoms with Crippen LogP contribution in [0.2, 0.25) is 0 Å². The lowest BCUT2D eigenvalue weighted by molar-refractivity contribution is 0.101. The third-order valence-corrected chi connectivity index (χ3v) is 6.78. The molecule has 162 valence electrons. The molecule has 1 aromatic carbocycles. The Morgan fingerprint density at radius 3 is 3.06 bits per heavy atom. The van der Waals surface area contributed by atoms with E-state index in [0.717, 1.165) is 49.5 Å². The first-order chi connectivity index (χ1) is 15.1. The second-order valence-corrected chi connectivity index (χ2v) is 9.15. The Labute approximate surface area is 187 Å². The van der Waals surface area contributed by atoms with Crippen molar-refractivity contribution in [1.82, 2.24) is 19.6 Å². The summed E-state index contributed by atoms with van der Waals surface area (Å²) in [6.07, 6.45) is 8.14. The molecule has 1 aliphatic carbocycles. The molecule has 0 saturated carbocycles. The average Bonchev–Trinajstić information content (AvgIpc) is 3.29. The van der Waals surface area contributed by atoms with Gasteiger partial charge in [-0.1, -0.05) is 24.1 Å². The quantitative estimate of drug-likeness (QED) is 0.594. The number of aromatic nitrogens is 2. The molecule has 2 aliphatic rings. The predicted molar refractivity (Wildman–Crippen MR) is 124 cm³/mol. The van der Waals surface area contributed by atoms with Gasteiger partial charge in [0.1, 0.15) is 11.8 Å². The van der Waals surface area contributed by atoms with E-state index in [9.17, 15) is 4.79 Å². The van der Waals surface area contributed by atoms with Crippen LogP contribution < -0.4 is 10.6 Å². The Kier molecular flexibility index (Phi) is 7.07. The Morgan fingerprint density at radius 2 is 2.32 bits per heavy atom. The van der Waals surface area contributed by atoms with Crippen LogP contribution in [0.4, 0.5) is 5.69 Å². The molecule has 0 radical (unpaired) electrons. The molecule has 0 unspecified atom stereocenters. The molecule has 8 heteroatoms. The van der Waals surface area contributed by atoms with Crippen molar-refractivity contribution in [3.63, 3.8) is 0 Å². The van der Waals surface area contributed by atoms with Crippen molar-refractivity contribution in [3.05, 3.63) is 53.1 Å². The Hall–Kier alpha value is -2.60. The number of hydrogen-bond donors (Lipinski definition) is 3. The van der Waals surface area contributed by atoms with Gasteiger partial charge in [-0.3, -0.25) is 4.79 Å². The van der Waals surface area contributed by atoms with E-state index >= 15 is 0 Å². The first-order valence-corrected chi connectivity index (χ1v) is 11.8. The van der Waals surface area contributed by atoms with Crippen LogP contribution >= 0.6 is 11.9 Å². The summed E-state index contributed by atoms with van der Waals surface area (Å²) in [5.74, 6) is 0.717. The van der Waals surface area contributed by atoms with Gasteiger partial charge >= 0.3 is 0 Å². The Bertz CT molecular complexity index is 1010.